The number of carbonyl (C=O) groups is 1. The Bertz CT molecular complexity index is 790. The number of likely N-dealkylation sites (tertiary alicyclic amines) is 1. The van der Waals surface area contributed by atoms with Crippen molar-refractivity contribution in [2.24, 2.45) is 0 Å². The number of rotatable bonds is 4. The lowest BCUT2D eigenvalue weighted by Gasteiger charge is -2.20. The average molecular weight is 347 g/mol. The van der Waals surface area contributed by atoms with Crippen LogP contribution in [-0.2, 0) is 17.6 Å². The summed E-state index contributed by atoms with van der Waals surface area (Å²) in [5, 5.41) is 9.37. The molecular weight excluding hydrogens is 322 g/mol. The molecule has 1 unspecified atom stereocenters. The van der Waals surface area contributed by atoms with E-state index in [9.17, 15) is 9.90 Å². The molecule has 1 atom stereocenters. The Morgan fingerprint density at radius 1 is 1.04 bits per heavy atom. The summed E-state index contributed by atoms with van der Waals surface area (Å²) in [6.45, 7) is 1.71. The van der Waals surface area contributed by atoms with Crippen LogP contribution in [0.3, 0.4) is 0 Å². The number of carboxylic acids is 1. The van der Waals surface area contributed by atoms with Crippen LogP contribution in [0.25, 0.3) is 5.57 Å². The first-order chi connectivity index (χ1) is 12.7. The molecule has 134 valence electrons. The summed E-state index contributed by atoms with van der Waals surface area (Å²) < 4.78 is 0. The highest BCUT2D eigenvalue weighted by Crippen LogP contribution is 2.33. The third kappa shape index (κ3) is 3.32. The Balaban J connectivity index is 1.62. The van der Waals surface area contributed by atoms with Crippen LogP contribution in [0.1, 0.15) is 41.5 Å². The van der Waals surface area contributed by atoms with Crippen molar-refractivity contribution in [3.8, 4) is 0 Å². The molecule has 0 radical (unpaired) electrons. The van der Waals surface area contributed by atoms with Gasteiger partial charge in [0.05, 0.1) is 0 Å². The van der Waals surface area contributed by atoms with E-state index in [1.165, 1.54) is 27.8 Å². The standard InChI is InChI=1S/C23H25NO2/c25-23(26)22-12-6-16-24(22)15-5-11-21-19-9-3-1-7-17(19)13-14-18-8-2-4-10-20(18)21/h1-4,7-11,22H,5-6,12-16H2,(H,25,26). The van der Waals surface area contributed by atoms with Crippen molar-refractivity contribution in [2.45, 2.75) is 38.1 Å². The van der Waals surface area contributed by atoms with Crippen LogP contribution in [0.5, 0.6) is 0 Å². The first-order valence-corrected chi connectivity index (χ1v) is 9.57. The lowest BCUT2D eigenvalue weighted by molar-refractivity contribution is -0.142. The summed E-state index contributed by atoms with van der Waals surface area (Å²) >= 11 is 0. The highest BCUT2D eigenvalue weighted by molar-refractivity contribution is 5.83. The normalized spacial score (nSPS) is 19.5. The van der Waals surface area contributed by atoms with E-state index in [0.717, 1.165) is 45.2 Å². The second kappa shape index (κ2) is 7.46. The van der Waals surface area contributed by atoms with Crippen LogP contribution in [0.4, 0.5) is 0 Å². The molecule has 4 rings (SSSR count). The van der Waals surface area contributed by atoms with Crippen molar-refractivity contribution >= 4 is 11.5 Å². The summed E-state index contributed by atoms with van der Waals surface area (Å²) in [4.78, 5) is 13.5. The third-order valence-electron chi connectivity index (χ3n) is 5.69. The van der Waals surface area contributed by atoms with E-state index in [0.29, 0.717) is 0 Å². The number of aliphatic carboxylic acids is 1. The second-order valence-electron chi connectivity index (χ2n) is 7.25. The highest BCUT2D eigenvalue weighted by atomic mass is 16.4. The second-order valence-corrected chi connectivity index (χ2v) is 7.25. The minimum atomic E-state index is -0.680. The molecule has 3 heteroatoms. The Kier molecular flexibility index (Phi) is 4.89. The van der Waals surface area contributed by atoms with Crippen molar-refractivity contribution in [1.29, 1.82) is 0 Å². The summed E-state index contributed by atoms with van der Waals surface area (Å²) in [6, 6.07) is 17.1. The maximum atomic E-state index is 11.4. The minimum Gasteiger partial charge on any atom is -0.480 e. The van der Waals surface area contributed by atoms with Gasteiger partial charge in [-0.15, -0.1) is 0 Å². The third-order valence-corrected chi connectivity index (χ3v) is 5.69. The average Bonchev–Trinajstić information content (AvgIpc) is 3.07. The van der Waals surface area contributed by atoms with E-state index in [1.807, 2.05) is 0 Å². The van der Waals surface area contributed by atoms with E-state index >= 15 is 0 Å². The van der Waals surface area contributed by atoms with Crippen molar-refractivity contribution in [2.75, 3.05) is 13.1 Å². The monoisotopic (exact) mass is 347 g/mol. The van der Waals surface area contributed by atoms with Crippen LogP contribution in [-0.4, -0.2) is 35.1 Å². The van der Waals surface area contributed by atoms with Crippen molar-refractivity contribution in [1.82, 2.24) is 4.90 Å². The Morgan fingerprint density at radius 2 is 1.65 bits per heavy atom. The SMILES string of the molecule is O=C(O)C1CCCN1CCC=C1c2ccccc2CCc2ccccc21. The molecule has 0 saturated carbocycles. The van der Waals surface area contributed by atoms with E-state index in [2.05, 4.69) is 59.5 Å². The van der Waals surface area contributed by atoms with Gasteiger partial charge in [-0.05, 0) is 66.5 Å². The van der Waals surface area contributed by atoms with Gasteiger partial charge in [-0.1, -0.05) is 54.6 Å². The van der Waals surface area contributed by atoms with E-state index in [1.54, 1.807) is 0 Å². The van der Waals surface area contributed by atoms with Gasteiger partial charge in [-0.3, -0.25) is 9.69 Å². The van der Waals surface area contributed by atoms with Crippen LogP contribution < -0.4 is 0 Å². The fourth-order valence-electron chi connectivity index (χ4n) is 4.38. The number of hydrogen-bond donors (Lipinski definition) is 1. The fourth-order valence-corrected chi connectivity index (χ4v) is 4.38. The molecule has 0 aromatic heterocycles. The van der Waals surface area contributed by atoms with Crippen LogP contribution in [0.2, 0.25) is 0 Å². The van der Waals surface area contributed by atoms with E-state index < -0.39 is 5.97 Å². The maximum absolute atomic E-state index is 11.4. The number of fused-ring (bicyclic) bond motifs is 2. The number of benzene rings is 2. The molecule has 1 aliphatic carbocycles. The van der Waals surface area contributed by atoms with Crippen LogP contribution >= 0.6 is 0 Å². The number of hydrogen-bond acceptors (Lipinski definition) is 2. The number of aryl methyl sites for hydroxylation is 2. The zero-order valence-corrected chi connectivity index (χ0v) is 15.0. The molecule has 0 amide bonds. The smallest absolute Gasteiger partial charge is 0.320 e. The minimum absolute atomic E-state index is 0.304. The predicted molar refractivity (Wildman–Crippen MR) is 104 cm³/mol. The Hall–Kier alpha value is -2.39. The summed E-state index contributed by atoms with van der Waals surface area (Å²) in [6.07, 6.45) is 7.09. The quantitative estimate of drug-likeness (QED) is 0.903. The first-order valence-electron chi connectivity index (χ1n) is 9.57. The van der Waals surface area contributed by atoms with Crippen molar-refractivity contribution in [3.63, 3.8) is 0 Å². The van der Waals surface area contributed by atoms with E-state index in [4.69, 9.17) is 0 Å². The fraction of sp³-hybridized carbons (Fsp3) is 0.348. The Labute approximate surface area is 155 Å². The largest absolute Gasteiger partial charge is 0.480 e. The molecule has 26 heavy (non-hydrogen) atoms. The lowest BCUT2D eigenvalue weighted by atomic mass is 9.93. The van der Waals surface area contributed by atoms with Crippen LogP contribution in [0, 0.1) is 0 Å². The van der Waals surface area contributed by atoms with E-state index in [-0.39, 0.29) is 6.04 Å². The predicted octanol–water partition coefficient (Wildman–Crippen LogP) is 4.16. The van der Waals surface area contributed by atoms with Gasteiger partial charge in [0.15, 0.2) is 0 Å². The Morgan fingerprint density at radius 3 is 2.27 bits per heavy atom. The molecule has 1 heterocycles. The summed E-state index contributed by atoms with van der Waals surface area (Å²) in [5.74, 6) is -0.680. The van der Waals surface area contributed by atoms with Gasteiger partial charge in [-0.2, -0.15) is 0 Å². The summed E-state index contributed by atoms with van der Waals surface area (Å²) in [5.41, 5.74) is 6.76. The molecule has 1 saturated heterocycles. The van der Waals surface area contributed by atoms with Gasteiger partial charge in [-0.25, -0.2) is 0 Å². The molecule has 3 nitrogen and oxygen atoms in total. The van der Waals surface area contributed by atoms with Crippen molar-refractivity contribution < 1.29 is 9.90 Å². The van der Waals surface area contributed by atoms with Crippen LogP contribution in [0.15, 0.2) is 54.6 Å². The van der Waals surface area contributed by atoms with Crippen molar-refractivity contribution in [3.05, 3.63) is 76.9 Å². The van der Waals surface area contributed by atoms with Gasteiger partial charge in [0.1, 0.15) is 6.04 Å². The highest BCUT2D eigenvalue weighted by Gasteiger charge is 2.29. The maximum Gasteiger partial charge on any atom is 0.320 e. The zero-order chi connectivity index (χ0) is 17.9. The lowest BCUT2D eigenvalue weighted by Crippen LogP contribution is -2.36. The molecule has 0 spiro atoms. The topological polar surface area (TPSA) is 40.5 Å². The summed E-state index contributed by atoms with van der Waals surface area (Å²) in [7, 11) is 0. The molecule has 2 aromatic rings. The molecule has 1 N–H and O–H groups in total. The molecule has 1 aliphatic heterocycles. The first kappa shape index (κ1) is 17.0. The number of carboxylic acid groups (broad SMARTS) is 1. The zero-order valence-electron chi connectivity index (χ0n) is 15.0. The van der Waals surface area contributed by atoms with Gasteiger partial charge < -0.3 is 5.11 Å². The molecular formula is C23H25NO2. The molecule has 2 aromatic carbocycles. The molecule has 0 bridgehead atoms. The van der Waals surface area contributed by atoms with Gasteiger partial charge >= 0.3 is 5.97 Å². The molecule has 1 fully saturated rings. The van der Waals surface area contributed by atoms with Gasteiger partial charge in [0.25, 0.3) is 0 Å². The molecule has 2 aliphatic rings. The number of nitrogens with zero attached hydrogens (tertiary/aromatic N) is 1. The van der Waals surface area contributed by atoms with Gasteiger partial charge in [0.2, 0.25) is 0 Å². The van der Waals surface area contributed by atoms with Gasteiger partial charge in [0, 0.05) is 6.54 Å².